The number of ether oxygens (including phenoxy) is 1. The Morgan fingerprint density at radius 1 is 0.967 bits per heavy atom. The minimum atomic E-state index is -4.63. The van der Waals surface area contributed by atoms with Gasteiger partial charge >= 0.3 is 6.18 Å². The molecule has 30 heavy (non-hydrogen) atoms. The molecule has 3 rings (SSSR count). The van der Waals surface area contributed by atoms with Crippen molar-refractivity contribution in [1.29, 1.82) is 0 Å². The highest BCUT2D eigenvalue weighted by atomic mass is 19.4. The number of benzene rings is 2. The van der Waals surface area contributed by atoms with Gasteiger partial charge in [-0.15, -0.1) is 0 Å². The number of nitrogens with one attached hydrogen (secondary N) is 1. The lowest BCUT2D eigenvalue weighted by Gasteiger charge is -2.12. The van der Waals surface area contributed by atoms with E-state index in [1.807, 2.05) is 12.1 Å². The van der Waals surface area contributed by atoms with Crippen molar-refractivity contribution in [2.75, 3.05) is 0 Å². The number of nitrogens with zero attached hydrogens (tertiary/aromatic N) is 1. The molecule has 0 spiro atoms. The average molecular weight is 412 g/mol. The van der Waals surface area contributed by atoms with Crippen molar-refractivity contribution in [2.24, 2.45) is 0 Å². The smallest absolute Gasteiger partial charge is 0.417 e. The Kier molecular flexibility index (Phi) is 6.85. The molecule has 7 heteroatoms. The molecule has 1 heterocycles. The van der Waals surface area contributed by atoms with E-state index >= 15 is 0 Å². The Morgan fingerprint density at radius 3 is 2.33 bits per heavy atom. The number of alkyl halides is 3. The van der Waals surface area contributed by atoms with E-state index in [1.54, 1.807) is 42.7 Å². The van der Waals surface area contributed by atoms with Crippen LogP contribution in [0.4, 0.5) is 13.2 Å². The Bertz CT molecular complexity index is 986. The number of rotatable bonds is 7. The quantitative estimate of drug-likeness (QED) is 0.561. The number of carbonyl (C=O) groups is 1. The zero-order valence-corrected chi connectivity index (χ0v) is 15.9. The second-order valence-electron chi connectivity index (χ2n) is 6.43. The van der Waals surface area contributed by atoms with Crippen LogP contribution in [0.15, 0.2) is 85.2 Å². The standard InChI is InChI=1S/C23H19F3N2O2/c24-23(25,26)21(19-6-2-1-3-7-19)13-22(29)28-15-17-8-10-20(11-9-17)30-16-18-5-4-12-27-14-18/h1-14H,15-16H2,(H,28,29)/b21-13-. The Hall–Kier alpha value is -3.61. The molecule has 0 aliphatic carbocycles. The van der Waals surface area contributed by atoms with Crippen LogP contribution in [-0.2, 0) is 17.9 Å². The highest BCUT2D eigenvalue weighted by Crippen LogP contribution is 2.33. The predicted octanol–water partition coefficient (Wildman–Crippen LogP) is 4.92. The fourth-order valence-electron chi connectivity index (χ4n) is 2.67. The highest BCUT2D eigenvalue weighted by Gasteiger charge is 2.35. The molecule has 2 aromatic carbocycles. The van der Waals surface area contributed by atoms with E-state index in [0.29, 0.717) is 18.4 Å². The summed E-state index contributed by atoms with van der Waals surface area (Å²) >= 11 is 0. The summed E-state index contributed by atoms with van der Waals surface area (Å²) < 4.78 is 45.6. The van der Waals surface area contributed by atoms with E-state index in [0.717, 1.165) is 11.1 Å². The minimum Gasteiger partial charge on any atom is -0.489 e. The van der Waals surface area contributed by atoms with Gasteiger partial charge in [-0.3, -0.25) is 9.78 Å². The van der Waals surface area contributed by atoms with E-state index in [1.165, 1.54) is 24.3 Å². The lowest BCUT2D eigenvalue weighted by Crippen LogP contribution is -2.22. The maximum Gasteiger partial charge on any atom is 0.417 e. The number of amides is 1. The lowest BCUT2D eigenvalue weighted by atomic mass is 10.1. The number of aromatic nitrogens is 1. The molecule has 0 unspecified atom stereocenters. The molecule has 0 atom stereocenters. The van der Waals surface area contributed by atoms with Gasteiger partial charge in [0, 0.05) is 30.6 Å². The molecule has 0 radical (unpaired) electrons. The number of hydrogen-bond donors (Lipinski definition) is 1. The molecule has 1 N–H and O–H groups in total. The molecule has 0 aliphatic heterocycles. The third-order valence-electron chi connectivity index (χ3n) is 4.18. The monoisotopic (exact) mass is 412 g/mol. The van der Waals surface area contributed by atoms with Gasteiger partial charge < -0.3 is 10.1 Å². The summed E-state index contributed by atoms with van der Waals surface area (Å²) in [4.78, 5) is 16.1. The molecule has 0 saturated heterocycles. The van der Waals surface area contributed by atoms with Crippen molar-refractivity contribution in [3.8, 4) is 5.75 Å². The minimum absolute atomic E-state index is 0.0599. The number of allylic oxidation sites excluding steroid dienone is 1. The number of halogens is 3. The predicted molar refractivity (Wildman–Crippen MR) is 107 cm³/mol. The van der Waals surface area contributed by atoms with Gasteiger partial charge in [-0.05, 0) is 29.3 Å². The van der Waals surface area contributed by atoms with Crippen LogP contribution in [0.2, 0.25) is 0 Å². The first-order chi connectivity index (χ1) is 14.4. The van der Waals surface area contributed by atoms with Crippen molar-refractivity contribution in [3.63, 3.8) is 0 Å². The van der Waals surface area contributed by atoms with Gasteiger partial charge in [0.05, 0.1) is 5.57 Å². The topological polar surface area (TPSA) is 51.2 Å². The molecule has 154 valence electrons. The molecular formula is C23H19F3N2O2. The van der Waals surface area contributed by atoms with Crippen molar-refractivity contribution < 1.29 is 22.7 Å². The zero-order valence-electron chi connectivity index (χ0n) is 15.9. The molecule has 0 bridgehead atoms. The number of carbonyl (C=O) groups excluding carboxylic acids is 1. The SMILES string of the molecule is O=C(/C=C(/c1ccccc1)C(F)(F)F)NCc1ccc(OCc2cccnc2)cc1. The molecule has 4 nitrogen and oxygen atoms in total. The van der Waals surface area contributed by atoms with Gasteiger partial charge in [-0.25, -0.2) is 0 Å². The Labute approximate surface area is 172 Å². The summed E-state index contributed by atoms with van der Waals surface area (Å²) in [7, 11) is 0. The number of pyridine rings is 1. The molecule has 0 saturated carbocycles. The molecule has 1 aromatic heterocycles. The normalized spacial score (nSPS) is 11.8. The summed E-state index contributed by atoms with van der Waals surface area (Å²) in [6.07, 6.45) is -0.659. The summed E-state index contributed by atoms with van der Waals surface area (Å²) in [5, 5.41) is 2.48. The first kappa shape index (κ1) is 21.1. The van der Waals surface area contributed by atoms with Crippen molar-refractivity contribution in [2.45, 2.75) is 19.3 Å². The van der Waals surface area contributed by atoms with E-state index in [2.05, 4.69) is 10.3 Å². The van der Waals surface area contributed by atoms with Gasteiger partial charge in [0.15, 0.2) is 0 Å². The molecule has 0 aliphatic rings. The van der Waals surface area contributed by atoms with E-state index in [9.17, 15) is 18.0 Å². The first-order valence-electron chi connectivity index (χ1n) is 9.14. The lowest BCUT2D eigenvalue weighted by molar-refractivity contribution is -0.117. The van der Waals surface area contributed by atoms with Gasteiger partial charge in [-0.2, -0.15) is 13.2 Å². The third-order valence-corrected chi connectivity index (χ3v) is 4.18. The zero-order chi connectivity index (χ0) is 21.4. The summed E-state index contributed by atoms with van der Waals surface area (Å²) in [6, 6.07) is 17.9. The van der Waals surface area contributed by atoms with Crippen LogP contribution in [0, 0.1) is 0 Å². The molecular weight excluding hydrogens is 393 g/mol. The van der Waals surface area contributed by atoms with E-state index < -0.39 is 17.7 Å². The Balaban J connectivity index is 1.57. The van der Waals surface area contributed by atoms with Gasteiger partial charge in [-0.1, -0.05) is 48.5 Å². The van der Waals surface area contributed by atoms with E-state index in [-0.39, 0.29) is 12.1 Å². The van der Waals surface area contributed by atoms with Crippen LogP contribution in [0.25, 0.3) is 5.57 Å². The maximum atomic E-state index is 13.3. The van der Waals surface area contributed by atoms with Gasteiger partial charge in [0.2, 0.25) is 5.91 Å². The largest absolute Gasteiger partial charge is 0.489 e. The van der Waals surface area contributed by atoms with Gasteiger partial charge in [0.1, 0.15) is 12.4 Å². The Morgan fingerprint density at radius 2 is 1.70 bits per heavy atom. The van der Waals surface area contributed by atoms with Crippen LogP contribution in [0.1, 0.15) is 16.7 Å². The second kappa shape index (κ2) is 9.73. The van der Waals surface area contributed by atoms with Crippen LogP contribution in [0.3, 0.4) is 0 Å². The first-order valence-corrected chi connectivity index (χ1v) is 9.14. The van der Waals surface area contributed by atoms with E-state index in [4.69, 9.17) is 4.74 Å². The van der Waals surface area contributed by atoms with Crippen molar-refractivity contribution in [1.82, 2.24) is 10.3 Å². The average Bonchev–Trinajstić information content (AvgIpc) is 2.76. The van der Waals surface area contributed by atoms with Gasteiger partial charge in [0.25, 0.3) is 0 Å². The summed E-state index contributed by atoms with van der Waals surface area (Å²) in [6.45, 7) is 0.465. The van der Waals surface area contributed by atoms with Crippen LogP contribution < -0.4 is 10.1 Å². The van der Waals surface area contributed by atoms with Crippen LogP contribution in [-0.4, -0.2) is 17.1 Å². The van der Waals surface area contributed by atoms with Crippen LogP contribution >= 0.6 is 0 Å². The molecule has 3 aromatic rings. The van der Waals surface area contributed by atoms with Crippen molar-refractivity contribution >= 4 is 11.5 Å². The second-order valence-corrected chi connectivity index (χ2v) is 6.43. The maximum absolute atomic E-state index is 13.3. The summed E-state index contributed by atoms with van der Waals surface area (Å²) in [5.41, 5.74) is 0.619. The molecule has 0 fully saturated rings. The highest BCUT2D eigenvalue weighted by molar-refractivity contribution is 5.96. The fourth-order valence-corrected chi connectivity index (χ4v) is 2.67. The molecule has 1 amide bonds. The van der Waals surface area contributed by atoms with Crippen LogP contribution in [0.5, 0.6) is 5.75 Å². The third kappa shape index (κ3) is 6.20. The summed E-state index contributed by atoms with van der Waals surface area (Å²) in [5.74, 6) is -0.180. The fraction of sp³-hybridized carbons (Fsp3) is 0.130. The number of hydrogen-bond acceptors (Lipinski definition) is 3. The van der Waals surface area contributed by atoms with Crippen molar-refractivity contribution in [3.05, 3.63) is 102 Å².